The van der Waals surface area contributed by atoms with Crippen molar-refractivity contribution in [2.75, 3.05) is 6.61 Å². The van der Waals surface area contributed by atoms with Gasteiger partial charge in [-0.2, -0.15) is 0 Å². The molecule has 3 N–H and O–H groups in total. The molecule has 2 aromatic carbocycles. The molecule has 124 valence electrons. The molecule has 1 heterocycles. The third-order valence-corrected chi connectivity index (χ3v) is 5.37. The van der Waals surface area contributed by atoms with Crippen molar-refractivity contribution in [3.8, 4) is 5.75 Å². The Kier molecular flexibility index (Phi) is 4.19. The number of benzene rings is 2. The first-order valence-electron chi connectivity index (χ1n) is 8.28. The number of rotatable bonds is 3. The summed E-state index contributed by atoms with van der Waals surface area (Å²) in [7, 11) is 0. The summed E-state index contributed by atoms with van der Waals surface area (Å²) in [5, 5.41) is 3.37. The lowest BCUT2D eigenvalue weighted by Crippen LogP contribution is -2.35. The molecular weight excluding hydrogens is 366 g/mol. The highest BCUT2D eigenvalue weighted by atomic mass is 79.9. The van der Waals surface area contributed by atoms with E-state index in [-0.39, 0.29) is 6.04 Å². The molecule has 0 bridgehead atoms. The zero-order valence-corrected chi connectivity index (χ0v) is 14.9. The van der Waals surface area contributed by atoms with Crippen molar-refractivity contribution < 1.29 is 4.74 Å². The first-order valence-corrected chi connectivity index (χ1v) is 9.07. The molecule has 3 atom stereocenters. The Morgan fingerprint density at radius 2 is 1.88 bits per heavy atom. The van der Waals surface area contributed by atoms with Gasteiger partial charge in [0.2, 0.25) is 0 Å². The number of para-hydroxylation sites is 1. The van der Waals surface area contributed by atoms with Gasteiger partial charge in [-0.05, 0) is 24.1 Å². The molecule has 2 aromatic rings. The number of hydrogen-bond acceptors (Lipinski definition) is 2. The second kappa shape index (κ2) is 6.48. The normalized spacial score (nSPS) is 25.5. The van der Waals surface area contributed by atoms with E-state index < -0.39 is 0 Å². The molecule has 5 heteroatoms. The quantitative estimate of drug-likeness (QED) is 0.624. The number of guanidine groups is 1. The van der Waals surface area contributed by atoms with E-state index in [1.54, 1.807) is 0 Å². The van der Waals surface area contributed by atoms with E-state index in [9.17, 15) is 0 Å². The van der Waals surface area contributed by atoms with E-state index in [0.29, 0.717) is 24.5 Å². The van der Waals surface area contributed by atoms with Crippen molar-refractivity contribution in [1.82, 2.24) is 5.32 Å². The van der Waals surface area contributed by atoms with Gasteiger partial charge >= 0.3 is 0 Å². The molecule has 1 fully saturated rings. The summed E-state index contributed by atoms with van der Waals surface area (Å²) in [6.07, 6.45) is 1.95. The van der Waals surface area contributed by atoms with Crippen molar-refractivity contribution in [3.05, 3.63) is 64.1 Å². The third-order valence-electron chi connectivity index (χ3n) is 4.65. The Hall–Kier alpha value is -2.01. The van der Waals surface area contributed by atoms with Gasteiger partial charge in [0.1, 0.15) is 5.75 Å². The van der Waals surface area contributed by atoms with Gasteiger partial charge in [-0.1, -0.05) is 52.3 Å². The van der Waals surface area contributed by atoms with Gasteiger partial charge in [0, 0.05) is 28.4 Å². The summed E-state index contributed by atoms with van der Waals surface area (Å²) in [6, 6.07) is 16.9. The van der Waals surface area contributed by atoms with Crippen LogP contribution < -0.4 is 15.8 Å². The van der Waals surface area contributed by atoms with E-state index >= 15 is 0 Å². The maximum atomic E-state index is 6.17. The van der Waals surface area contributed by atoms with Crippen LogP contribution in [0.3, 0.4) is 0 Å². The van der Waals surface area contributed by atoms with E-state index in [1.807, 2.05) is 24.3 Å². The maximum absolute atomic E-state index is 6.17. The van der Waals surface area contributed by atoms with Crippen LogP contribution in [0.15, 0.2) is 58.0 Å². The van der Waals surface area contributed by atoms with E-state index in [0.717, 1.165) is 28.6 Å². The van der Waals surface area contributed by atoms with Crippen molar-refractivity contribution in [3.63, 3.8) is 0 Å². The highest BCUT2D eigenvalue weighted by molar-refractivity contribution is 9.10. The van der Waals surface area contributed by atoms with Crippen LogP contribution in [0.5, 0.6) is 5.75 Å². The smallest absolute Gasteiger partial charge is 0.189 e. The van der Waals surface area contributed by atoms with Crippen LogP contribution in [0.4, 0.5) is 0 Å². The highest BCUT2D eigenvalue weighted by Gasteiger charge is 2.39. The van der Waals surface area contributed by atoms with Gasteiger partial charge < -0.3 is 15.8 Å². The van der Waals surface area contributed by atoms with Gasteiger partial charge in [0.15, 0.2) is 5.96 Å². The zero-order chi connectivity index (χ0) is 16.5. The first-order chi connectivity index (χ1) is 11.7. The SMILES string of the molecule is NC(=NC1CCOc2ccccc21)N[C@@H]1C[C@H]1c1ccccc1Br. The topological polar surface area (TPSA) is 59.6 Å². The summed E-state index contributed by atoms with van der Waals surface area (Å²) in [4.78, 5) is 4.70. The number of nitrogens with two attached hydrogens (primary N) is 1. The van der Waals surface area contributed by atoms with Crippen LogP contribution in [0.2, 0.25) is 0 Å². The fourth-order valence-electron chi connectivity index (χ4n) is 3.33. The highest BCUT2D eigenvalue weighted by Crippen LogP contribution is 2.43. The predicted molar refractivity (Wildman–Crippen MR) is 99.3 cm³/mol. The molecule has 1 aliphatic heterocycles. The number of fused-ring (bicyclic) bond motifs is 1. The predicted octanol–water partition coefficient (Wildman–Crippen LogP) is 3.73. The fraction of sp³-hybridized carbons (Fsp3) is 0.316. The van der Waals surface area contributed by atoms with Crippen molar-refractivity contribution >= 4 is 21.9 Å². The number of nitrogens with zero attached hydrogens (tertiary/aromatic N) is 1. The average molecular weight is 386 g/mol. The number of ether oxygens (including phenoxy) is 1. The Morgan fingerprint density at radius 3 is 2.71 bits per heavy atom. The van der Waals surface area contributed by atoms with Crippen LogP contribution >= 0.6 is 15.9 Å². The lowest BCUT2D eigenvalue weighted by molar-refractivity contribution is 0.269. The summed E-state index contributed by atoms with van der Waals surface area (Å²) in [5.74, 6) is 1.94. The number of halogens is 1. The van der Waals surface area contributed by atoms with Crippen LogP contribution in [-0.2, 0) is 0 Å². The molecule has 2 aliphatic rings. The first kappa shape index (κ1) is 15.5. The number of aliphatic imine (C=N–C) groups is 1. The molecule has 0 aromatic heterocycles. The second-order valence-corrected chi connectivity index (χ2v) is 7.17. The van der Waals surface area contributed by atoms with Gasteiger partial charge in [0.25, 0.3) is 0 Å². The Bertz CT molecular complexity index is 777. The molecule has 1 aliphatic carbocycles. The Balaban J connectivity index is 1.44. The molecule has 1 saturated carbocycles. The summed E-state index contributed by atoms with van der Waals surface area (Å²) >= 11 is 3.63. The van der Waals surface area contributed by atoms with Crippen LogP contribution in [0.25, 0.3) is 0 Å². The molecule has 0 amide bonds. The van der Waals surface area contributed by atoms with Gasteiger partial charge in [0.05, 0.1) is 12.6 Å². The second-order valence-electron chi connectivity index (χ2n) is 6.32. The Morgan fingerprint density at radius 1 is 1.12 bits per heavy atom. The van der Waals surface area contributed by atoms with E-state index in [2.05, 4.69) is 45.5 Å². The summed E-state index contributed by atoms with van der Waals surface area (Å²) < 4.78 is 6.84. The Labute approximate surface area is 150 Å². The van der Waals surface area contributed by atoms with Crippen LogP contribution in [0, 0.1) is 0 Å². The molecule has 0 spiro atoms. The minimum absolute atomic E-state index is 0.0723. The lowest BCUT2D eigenvalue weighted by Gasteiger charge is -2.23. The minimum atomic E-state index is 0.0723. The van der Waals surface area contributed by atoms with Gasteiger partial charge in [-0.3, -0.25) is 0 Å². The van der Waals surface area contributed by atoms with Crippen LogP contribution in [0.1, 0.15) is 35.9 Å². The zero-order valence-electron chi connectivity index (χ0n) is 13.3. The molecule has 0 saturated heterocycles. The van der Waals surface area contributed by atoms with Gasteiger partial charge in [-0.25, -0.2) is 4.99 Å². The van der Waals surface area contributed by atoms with E-state index in [1.165, 1.54) is 5.56 Å². The van der Waals surface area contributed by atoms with Crippen molar-refractivity contribution in [1.29, 1.82) is 0 Å². The molecule has 4 rings (SSSR count). The number of hydrogen-bond donors (Lipinski definition) is 2. The summed E-state index contributed by atoms with van der Waals surface area (Å²) in [5.41, 5.74) is 8.62. The molecule has 0 radical (unpaired) electrons. The standard InChI is InChI=1S/C19H20BrN3O/c20-15-7-3-1-5-12(15)14-11-17(14)23-19(21)22-16-9-10-24-18-8-4-2-6-13(16)18/h1-8,14,16-17H,9-11H2,(H3,21,22,23)/t14-,16?,17+/m0/s1. The maximum Gasteiger partial charge on any atom is 0.189 e. The lowest BCUT2D eigenvalue weighted by atomic mass is 10.0. The molecule has 4 nitrogen and oxygen atoms in total. The number of nitrogens with one attached hydrogen (secondary N) is 1. The monoisotopic (exact) mass is 385 g/mol. The average Bonchev–Trinajstić information content (AvgIpc) is 3.34. The van der Waals surface area contributed by atoms with E-state index in [4.69, 9.17) is 15.5 Å². The van der Waals surface area contributed by atoms with Crippen molar-refractivity contribution in [2.45, 2.75) is 30.8 Å². The minimum Gasteiger partial charge on any atom is -0.493 e. The van der Waals surface area contributed by atoms with Crippen LogP contribution in [-0.4, -0.2) is 18.6 Å². The van der Waals surface area contributed by atoms with Gasteiger partial charge in [-0.15, -0.1) is 0 Å². The fourth-order valence-corrected chi connectivity index (χ4v) is 3.91. The third kappa shape index (κ3) is 3.13. The largest absolute Gasteiger partial charge is 0.493 e. The van der Waals surface area contributed by atoms with Crippen molar-refractivity contribution in [2.24, 2.45) is 10.7 Å². The molecule has 1 unspecified atom stereocenters. The summed E-state index contributed by atoms with van der Waals surface area (Å²) in [6.45, 7) is 0.682. The molecule has 24 heavy (non-hydrogen) atoms. The molecular formula is C19H20BrN3O.